The van der Waals surface area contributed by atoms with E-state index in [4.69, 9.17) is 4.98 Å². The summed E-state index contributed by atoms with van der Waals surface area (Å²) in [4.78, 5) is 9.08. The van der Waals surface area contributed by atoms with Crippen molar-refractivity contribution in [3.63, 3.8) is 0 Å². The van der Waals surface area contributed by atoms with Gasteiger partial charge in [-0.05, 0) is 23.8 Å². The Morgan fingerprint density at radius 1 is 1.14 bits per heavy atom. The van der Waals surface area contributed by atoms with E-state index in [-0.39, 0.29) is 12.8 Å². The maximum Gasteiger partial charge on any atom is 0.248 e. The highest BCUT2D eigenvalue weighted by atomic mass is 19.3. The van der Waals surface area contributed by atoms with Crippen molar-refractivity contribution in [1.29, 1.82) is 0 Å². The highest BCUT2D eigenvalue weighted by Crippen LogP contribution is 2.48. The highest BCUT2D eigenvalue weighted by Gasteiger charge is 2.48. The number of aryl methyl sites for hydroxylation is 1. The molecule has 4 aromatic rings. The molecular formula is C21H18F2N4O. The number of aliphatic hydroxyl groups excluding tert-OH is 1. The fourth-order valence-corrected chi connectivity index (χ4v) is 3.85. The number of halogens is 2. The number of aromatic nitrogens is 4. The van der Waals surface area contributed by atoms with Crippen LogP contribution in [-0.2, 0) is 7.05 Å². The van der Waals surface area contributed by atoms with Gasteiger partial charge in [-0.15, -0.1) is 0 Å². The Balaban J connectivity index is 1.50. The van der Waals surface area contributed by atoms with Crippen molar-refractivity contribution in [1.82, 2.24) is 19.7 Å². The molecule has 1 aliphatic rings. The molecule has 0 unspecified atom stereocenters. The third-order valence-electron chi connectivity index (χ3n) is 5.40. The molecule has 5 rings (SSSR count). The second-order valence-electron chi connectivity index (χ2n) is 7.56. The van der Waals surface area contributed by atoms with E-state index >= 15 is 0 Å². The van der Waals surface area contributed by atoms with Gasteiger partial charge in [-0.1, -0.05) is 18.2 Å². The second-order valence-corrected chi connectivity index (χ2v) is 7.56. The average molecular weight is 380 g/mol. The minimum absolute atomic E-state index is 0.267. The van der Waals surface area contributed by atoms with Crippen molar-refractivity contribution in [3.8, 4) is 11.3 Å². The van der Waals surface area contributed by atoms with E-state index in [1.165, 1.54) is 0 Å². The van der Waals surface area contributed by atoms with E-state index in [0.717, 1.165) is 22.0 Å². The predicted octanol–water partition coefficient (Wildman–Crippen LogP) is 4.26. The molecule has 1 saturated carbocycles. The lowest BCUT2D eigenvalue weighted by Crippen LogP contribution is -2.38. The van der Waals surface area contributed by atoms with Crippen LogP contribution in [0.1, 0.15) is 24.5 Å². The highest BCUT2D eigenvalue weighted by molar-refractivity contribution is 5.84. The van der Waals surface area contributed by atoms with Gasteiger partial charge in [0.15, 0.2) is 5.65 Å². The molecule has 1 aromatic carbocycles. The summed E-state index contributed by atoms with van der Waals surface area (Å²) in [6, 6.07) is 11.3. The van der Waals surface area contributed by atoms with E-state index in [1.807, 2.05) is 37.5 Å². The van der Waals surface area contributed by atoms with Crippen molar-refractivity contribution in [3.05, 3.63) is 54.4 Å². The van der Waals surface area contributed by atoms with Crippen molar-refractivity contribution in [2.24, 2.45) is 13.0 Å². The monoisotopic (exact) mass is 380 g/mol. The Kier molecular flexibility index (Phi) is 3.71. The number of benzene rings is 1. The fraction of sp³-hybridized carbons (Fsp3) is 0.286. The molecule has 0 bridgehead atoms. The molecule has 7 heteroatoms. The number of nitrogens with zero attached hydrogens (tertiary/aromatic N) is 4. The largest absolute Gasteiger partial charge is 0.388 e. The normalized spacial score (nSPS) is 17.7. The van der Waals surface area contributed by atoms with Crippen LogP contribution in [0.2, 0.25) is 0 Å². The number of aliphatic hydroxyl groups is 1. The zero-order valence-electron chi connectivity index (χ0n) is 15.2. The Morgan fingerprint density at radius 3 is 2.71 bits per heavy atom. The zero-order chi connectivity index (χ0) is 19.5. The van der Waals surface area contributed by atoms with Crippen LogP contribution in [0.4, 0.5) is 8.78 Å². The molecule has 0 spiro atoms. The minimum atomic E-state index is -2.65. The quantitative estimate of drug-likeness (QED) is 0.577. The van der Waals surface area contributed by atoms with Gasteiger partial charge in [-0.25, -0.2) is 18.7 Å². The SMILES string of the molecule is Cn1cc2cc(-c3ccc4ccc([C@H](O)C5CC(F)(F)C5)cc4n3)cnc2n1. The fourth-order valence-electron chi connectivity index (χ4n) is 3.85. The molecule has 1 fully saturated rings. The van der Waals surface area contributed by atoms with Gasteiger partial charge in [0, 0.05) is 54.5 Å². The lowest BCUT2D eigenvalue weighted by Gasteiger charge is -2.38. The summed E-state index contributed by atoms with van der Waals surface area (Å²) in [6.07, 6.45) is 2.20. The summed E-state index contributed by atoms with van der Waals surface area (Å²) < 4.78 is 28.0. The van der Waals surface area contributed by atoms with Crippen LogP contribution >= 0.6 is 0 Å². The molecule has 3 aromatic heterocycles. The first-order valence-electron chi connectivity index (χ1n) is 9.14. The van der Waals surface area contributed by atoms with Gasteiger partial charge in [-0.3, -0.25) is 4.68 Å². The third kappa shape index (κ3) is 2.92. The first-order valence-corrected chi connectivity index (χ1v) is 9.14. The van der Waals surface area contributed by atoms with Crippen LogP contribution in [0.25, 0.3) is 33.2 Å². The lowest BCUT2D eigenvalue weighted by atomic mass is 9.75. The number of pyridine rings is 2. The Bertz CT molecular complexity index is 1200. The first kappa shape index (κ1) is 17.2. The van der Waals surface area contributed by atoms with Crippen LogP contribution in [-0.4, -0.2) is 30.8 Å². The Labute approximate surface area is 159 Å². The topological polar surface area (TPSA) is 63.8 Å². The Hall–Kier alpha value is -2.93. The summed E-state index contributed by atoms with van der Waals surface area (Å²) in [5, 5.41) is 16.6. The molecule has 0 amide bonds. The van der Waals surface area contributed by atoms with Gasteiger partial charge >= 0.3 is 0 Å². The molecule has 0 radical (unpaired) electrons. The number of hydrogen-bond donors (Lipinski definition) is 1. The number of alkyl halides is 2. The average Bonchev–Trinajstić information content (AvgIpc) is 3.03. The van der Waals surface area contributed by atoms with Crippen LogP contribution < -0.4 is 0 Å². The molecular weight excluding hydrogens is 362 g/mol. The maximum absolute atomic E-state index is 13.1. The molecule has 142 valence electrons. The molecule has 1 aliphatic carbocycles. The van der Waals surface area contributed by atoms with Crippen LogP contribution in [0.15, 0.2) is 48.8 Å². The van der Waals surface area contributed by atoms with E-state index < -0.39 is 17.9 Å². The number of rotatable bonds is 3. The van der Waals surface area contributed by atoms with Crippen LogP contribution in [0.3, 0.4) is 0 Å². The minimum Gasteiger partial charge on any atom is -0.388 e. The van der Waals surface area contributed by atoms with E-state index in [9.17, 15) is 13.9 Å². The van der Waals surface area contributed by atoms with Gasteiger partial charge < -0.3 is 5.11 Å². The van der Waals surface area contributed by atoms with Crippen LogP contribution in [0.5, 0.6) is 0 Å². The van der Waals surface area contributed by atoms with Gasteiger partial charge in [0.1, 0.15) is 0 Å². The number of fused-ring (bicyclic) bond motifs is 2. The second kappa shape index (κ2) is 6.04. The summed E-state index contributed by atoms with van der Waals surface area (Å²) in [7, 11) is 1.85. The smallest absolute Gasteiger partial charge is 0.248 e. The zero-order valence-corrected chi connectivity index (χ0v) is 15.2. The van der Waals surface area contributed by atoms with Gasteiger partial charge in [0.2, 0.25) is 5.92 Å². The molecule has 3 heterocycles. The molecule has 1 atom stereocenters. The van der Waals surface area contributed by atoms with E-state index in [0.29, 0.717) is 16.7 Å². The van der Waals surface area contributed by atoms with Gasteiger partial charge in [0.25, 0.3) is 0 Å². The molecule has 5 nitrogen and oxygen atoms in total. The molecule has 1 N–H and O–H groups in total. The summed E-state index contributed by atoms with van der Waals surface area (Å²) >= 11 is 0. The molecule has 0 saturated heterocycles. The van der Waals surface area contributed by atoms with Gasteiger partial charge in [0.05, 0.1) is 17.3 Å². The van der Waals surface area contributed by atoms with Crippen molar-refractivity contribution >= 4 is 21.9 Å². The molecule has 28 heavy (non-hydrogen) atoms. The third-order valence-corrected chi connectivity index (χ3v) is 5.40. The summed E-state index contributed by atoms with van der Waals surface area (Å²) in [5.41, 5.74) is 3.64. The predicted molar refractivity (Wildman–Crippen MR) is 102 cm³/mol. The standard InChI is InChI=1S/C21H18F2N4O/c1-27-11-15-6-14(10-24-20(15)26-27)17-5-4-12-2-3-13(7-18(12)25-17)19(28)16-8-21(22,23)9-16/h2-7,10-11,16,19,28H,8-9H2,1H3/t19-/m0/s1. The van der Waals surface area contributed by atoms with Crippen LogP contribution in [0, 0.1) is 5.92 Å². The first-order chi connectivity index (χ1) is 13.4. The summed E-state index contributed by atoms with van der Waals surface area (Å²) in [5.74, 6) is -3.06. The van der Waals surface area contributed by atoms with E-state index in [2.05, 4.69) is 10.1 Å². The van der Waals surface area contributed by atoms with Crippen molar-refractivity contribution in [2.45, 2.75) is 24.9 Å². The number of hydrogen-bond acceptors (Lipinski definition) is 4. The molecule has 0 aliphatic heterocycles. The Morgan fingerprint density at radius 2 is 1.93 bits per heavy atom. The lowest BCUT2D eigenvalue weighted by molar-refractivity contribution is -0.142. The van der Waals surface area contributed by atoms with E-state index in [1.54, 1.807) is 23.0 Å². The van der Waals surface area contributed by atoms with Crippen molar-refractivity contribution in [2.75, 3.05) is 0 Å². The van der Waals surface area contributed by atoms with Gasteiger partial charge in [-0.2, -0.15) is 5.10 Å². The maximum atomic E-state index is 13.1. The summed E-state index contributed by atoms with van der Waals surface area (Å²) in [6.45, 7) is 0. The van der Waals surface area contributed by atoms with Crippen molar-refractivity contribution < 1.29 is 13.9 Å².